The first-order valence-corrected chi connectivity index (χ1v) is 6.19. The van der Waals surface area contributed by atoms with Gasteiger partial charge in [0.15, 0.2) is 0 Å². The van der Waals surface area contributed by atoms with Gasteiger partial charge in [0.1, 0.15) is 11.3 Å². The van der Waals surface area contributed by atoms with E-state index in [-0.39, 0.29) is 5.57 Å². The topological polar surface area (TPSA) is 62.6 Å². The van der Waals surface area contributed by atoms with Crippen molar-refractivity contribution in [3.8, 4) is 0 Å². The predicted octanol–water partition coefficient (Wildman–Crippen LogP) is 2.39. The number of anilines is 1. The van der Waals surface area contributed by atoms with Crippen LogP contribution in [0, 0.1) is 0 Å². The maximum absolute atomic E-state index is 12.2. The second-order valence-corrected chi connectivity index (χ2v) is 4.57. The lowest BCUT2D eigenvalue weighted by molar-refractivity contribution is -0.117. The van der Waals surface area contributed by atoms with E-state index < -0.39 is 11.8 Å². The molecular weight excluding hydrogens is 280 g/mol. The van der Waals surface area contributed by atoms with Gasteiger partial charge in [-0.15, -0.1) is 0 Å². The molecule has 0 atom stereocenters. The number of hydrogen-bond acceptors (Lipinski definition) is 3. The molecule has 1 aromatic carbocycles. The molecule has 0 unspecified atom stereocenters. The molecule has 0 saturated carbocycles. The van der Waals surface area contributed by atoms with Gasteiger partial charge < -0.3 is 4.42 Å². The van der Waals surface area contributed by atoms with Crippen molar-refractivity contribution < 1.29 is 14.0 Å². The van der Waals surface area contributed by atoms with Crippen molar-refractivity contribution in [1.29, 1.82) is 0 Å². The number of hydrogen-bond donors (Lipinski definition) is 1. The maximum Gasteiger partial charge on any atom is 0.282 e. The molecule has 1 fully saturated rings. The van der Waals surface area contributed by atoms with E-state index in [1.165, 1.54) is 17.3 Å². The fourth-order valence-electron chi connectivity index (χ4n) is 1.85. The summed E-state index contributed by atoms with van der Waals surface area (Å²) in [6, 6.07) is 9.93. The predicted molar refractivity (Wildman–Crippen MR) is 73.8 cm³/mol. The molecule has 0 radical (unpaired) electrons. The molecule has 2 aromatic rings. The molecule has 1 saturated heterocycles. The third-order valence-corrected chi connectivity index (χ3v) is 3.06. The van der Waals surface area contributed by atoms with Crippen LogP contribution in [-0.4, -0.2) is 11.8 Å². The lowest BCUT2D eigenvalue weighted by Crippen LogP contribution is -2.35. The Morgan fingerprint density at radius 2 is 1.90 bits per heavy atom. The number of carbonyl (C=O) groups excluding carboxylic acids is 2. The van der Waals surface area contributed by atoms with Gasteiger partial charge in [-0.3, -0.25) is 15.0 Å². The molecule has 3 rings (SSSR count). The van der Waals surface area contributed by atoms with Crippen LogP contribution in [0.1, 0.15) is 5.76 Å². The Hall–Kier alpha value is -2.53. The van der Waals surface area contributed by atoms with Crippen LogP contribution in [0.5, 0.6) is 0 Å². The number of furan rings is 1. The summed E-state index contributed by atoms with van der Waals surface area (Å²) in [5.41, 5.74) is 3.05. The number of carbonyl (C=O) groups is 2. The van der Waals surface area contributed by atoms with Crippen LogP contribution in [0.2, 0.25) is 5.02 Å². The fourth-order valence-corrected chi connectivity index (χ4v) is 1.97. The van der Waals surface area contributed by atoms with Gasteiger partial charge in [0.05, 0.1) is 12.0 Å². The van der Waals surface area contributed by atoms with Crippen LogP contribution in [0.4, 0.5) is 5.69 Å². The summed E-state index contributed by atoms with van der Waals surface area (Å²) in [6.07, 6.45) is 2.88. The van der Waals surface area contributed by atoms with Gasteiger partial charge in [0.2, 0.25) is 0 Å². The van der Waals surface area contributed by atoms with E-state index in [0.29, 0.717) is 16.5 Å². The molecule has 1 aliphatic rings. The smallest absolute Gasteiger partial charge is 0.282 e. The highest BCUT2D eigenvalue weighted by Gasteiger charge is 2.34. The van der Waals surface area contributed by atoms with Crippen LogP contribution in [-0.2, 0) is 9.59 Å². The first-order chi connectivity index (χ1) is 9.65. The molecule has 1 aliphatic heterocycles. The van der Waals surface area contributed by atoms with E-state index in [1.54, 1.807) is 36.4 Å². The summed E-state index contributed by atoms with van der Waals surface area (Å²) in [4.78, 5) is 24.1. The van der Waals surface area contributed by atoms with Crippen LogP contribution in [0.25, 0.3) is 6.08 Å². The minimum atomic E-state index is -0.471. The van der Waals surface area contributed by atoms with Crippen LogP contribution < -0.4 is 10.4 Å². The molecule has 2 amide bonds. The number of nitrogens with one attached hydrogen (secondary N) is 1. The second kappa shape index (κ2) is 4.86. The SMILES string of the molecule is O=C1NN(c2ccc(Cl)cc2)C(=O)/C1=C\c1ccco1. The summed E-state index contributed by atoms with van der Waals surface area (Å²) in [5, 5.41) is 1.73. The van der Waals surface area contributed by atoms with Crippen molar-refractivity contribution >= 4 is 35.2 Å². The normalized spacial score (nSPS) is 16.9. The van der Waals surface area contributed by atoms with E-state index in [2.05, 4.69) is 5.43 Å². The zero-order valence-corrected chi connectivity index (χ0v) is 10.9. The van der Waals surface area contributed by atoms with E-state index in [4.69, 9.17) is 16.0 Å². The highest BCUT2D eigenvalue weighted by Crippen LogP contribution is 2.23. The van der Waals surface area contributed by atoms with Crippen molar-refractivity contribution in [2.45, 2.75) is 0 Å². The van der Waals surface area contributed by atoms with Crippen molar-refractivity contribution in [2.75, 3.05) is 5.01 Å². The van der Waals surface area contributed by atoms with Crippen molar-refractivity contribution in [3.63, 3.8) is 0 Å². The third-order valence-electron chi connectivity index (χ3n) is 2.81. The van der Waals surface area contributed by atoms with Gasteiger partial charge in [0, 0.05) is 5.02 Å². The molecule has 0 spiro atoms. The molecule has 6 heteroatoms. The standard InChI is InChI=1S/C14H9ClN2O3/c15-9-3-5-10(6-4-9)17-14(19)12(13(18)16-17)8-11-2-1-7-20-11/h1-8H,(H,16,18)/b12-8-. The molecule has 1 aromatic heterocycles. The monoisotopic (exact) mass is 288 g/mol. The number of benzene rings is 1. The van der Waals surface area contributed by atoms with Crippen LogP contribution >= 0.6 is 11.6 Å². The first-order valence-electron chi connectivity index (χ1n) is 5.81. The Morgan fingerprint density at radius 1 is 1.15 bits per heavy atom. The quantitative estimate of drug-likeness (QED) is 0.682. The Kier molecular flexibility index (Phi) is 3.04. The highest BCUT2D eigenvalue weighted by molar-refractivity contribution is 6.32. The largest absolute Gasteiger partial charge is 0.465 e. The van der Waals surface area contributed by atoms with Gasteiger partial charge >= 0.3 is 0 Å². The van der Waals surface area contributed by atoms with Gasteiger partial charge in [-0.25, -0.2) is 5.01 Å². The van der Waals surface area contributed by atoms with Gasteiger partial charge in [0.25, 0.3) is 11.8 Å². The molecular formula is C14H9ClN2O3. The molecule has 0 aliphatic carbocycles. The molecule has 100 valence electrons. The maximum atomic E-state index is 12.2. The van der Waals surface area contributed by atoms with Gasteiger partial charge in [-0.2, -0.15) is 0 Å². The van der Waals surface area contributed by atoms with E-state index >= 15 is 0 Å². The Balaban J connectivity index is 1.92. The minimum absolute atomic E-state index is 0.0231. The summed E-state index contributed by atoms with van der Waals surface area (Å²) in [6.45, 7) is 0. The van der Waals surface area contributed by atoms with Crippen molar-refractivity contribution in [1.82, 2.24) is 5.43 Å². The van der Waals surface area contributed by atoms with E-state index in [1.807, 2.05) is 0 Å². The Morgan fingerprint density at radius 3 is 2.55 bits per heavy atom. The summed E-state index contributed by atoms with van der Waals surface area (Å²) in [7, 11) is 0. The lowest BCUT2D eigenvalue weighted by Gasteiger charge is -2.14. The third kappa shape index (κ3) is 2.19. The molecule has 20 heavy (non-hydrogen) atoms. The first kappa shape index (κ1) is 12.5. The zero-order chi connectivity index (χ0) is 14.1. The van der Waals surface area contributed by atoms with E-state index in [9.17, 15) is 9.59 Å². The van der Waals surface area contributed by atoms with Crippen molar-refractivity contribution in [3.05, 3.63) is 59.0 Å². The summed E-state index contributed by atoms with van der Waals surface area (Å²) >= 11 is 5.79. The average Bonchev–Trinajstić information content (AvgIpc) is 3.04. The molecule has 0 bridgehead atoms. The van der Waals surface area contributed by atoms with Gasteiger partial charge in [-0.1, -0.05) is 11.6 Å². The van der Waals surface area contributed by atoms with Crippen LogP contribution in [0.15, 0.2) is 52.7 Å². The molecule has 2 heterocycles. The van der Waals surface area contributed by atoms with Crippen LogP contribution in [0.3, 0.4) is 0 Å². The average molecular weight is 289 g/mol. The second-order valence-electron chi connectivity index (χ2n) is 4.13. The summed E-state index contributed by atoms with van der Waals surface area (Å²) < 4.78 is 5.10. The highest BCUT2D eigenvalue weighted by atomic mass is 35.5. The van der Waals surface area contributed by atoms with E-state index in [0.717, 1.165) is 0 Å². The molecule has 5 nitrogen and oxygen atoms in total. The fraction of sp³-hybridized carbons (Fsp3) is 0. The number of amides is 2. The summed E-state index contributed by atoms with van der Waals surface area (Å²) in [5.74, 6) is -0.462. The Labute approximate surface area is 119 Å². The zero-order valence-electron chi connectivity index (χ0n) is 10.2. The number of nitrogens with zero attached hydrogens (tertiary/aromatic N) is 1. The molecule has 1 N–H and O–H groups in total. The Bertz CT molecular complexity index is 690. The number of rotatable bonds is 2. The minimum Gasteiger partial charge on any atom is -0.465 e. The lowest BCUT2D eigenvalue weighted by atomic mass is 10.2. The number of hydrazine groups is 1. The van der Waals surface area contributed by atoms with Gasteiger partial charge in [-0.05, 0) is 42.5 Å². The number of halogens is 1. The van der Waals surface area contributed by atoms with Crippen molar-refractivity contribution in [2.24, 2.45) is 0 Å².